The van der Waals surface area contributed by atoms with Crippen molar-refractivity contribution in [1.29, 1.82) is 0 Å². The molecule has 0 heterocycles. The average Bonchev–Trinajstić information content (AvgIpc) is 3.15. The number of ether oxygens (including phenoxy) is 1. The fourth-order valence-corrected chi connectivity index (χ4v) is 2.21. The molecule has 1 aromatic rings. The summed E-state index contributed by atoms with van der Waals surface area (Å²) in [4.78, 5) is 11.5. The minimum Gasteiger partial charge on any atom is -0.462 e. The second kappa shape index (κ2) is 5.74. The van der Waals surface area contributed by atoms with Crippen molar-refractivity contribution >= 4 is 5.97 Å². The van der Waals surface area contributed by atoms with Crippen LogP contribution in [0.3, 0.4) is 0 Å². The van der Waals surface area contributed by atoms with Gasteiger partial charge in [0.05, 0.1) is 12.2 Å². The van der Waals surface area contributed by atoms with Gasteiger partial charge in [-0.1, -0.05) is 19.1 Å². The third-order valence-corrected chi connectivity index (χ3v) is 4.01. The number of nitrogens with two attached hydrogens (primary N) is 1. The number of esters is 1. The molecule has 1 aliphatic rings. The highest BCUT2D eigenvalue weighted by Crippen LogP contribution is 2.49. The van der Waals surface area contributed by atoms with E-state index >= 15 is 0 Å². The Morgan fingerprint density at radius 1 is 1.37 bits per heavy atom. The maximum absolute atomic E-state index is 11.5. The summed E-state index contributed by atoms with van der Waals surface area (Å²) in [7, 11) is 0. The lowest BCUT2D eigenvalue weighted by atomic mass is 9.95. The SMILES string of the molecule is CCOC(=O)c1ccc([C@@H](N)CCC2(C)CC2)cc1. The minimum atomic E-state index is -0.270. The summed E-state index contributed by atoms with van der Waals surface area (Å²) >= 11 is 0. The quantitative estimate of drug-likeness (QED) is 0.798. The predicted molar refractivity (Wildman–Crippen MR) is 75.9 cm³/mol. The summed E-state index contributed by atoms with van der Waals surface area (Å²) in [6.07, 6.45) is 4.87. The van der Waals surface area contributed by atoms with Gasteiger partial charge in [-0.2, -0.15) is 0 Å². The van der Waals surface area contributed by atoms with Crippen LogP contribution in [0.1, 0.15) is 61.5 Å². The van der Waals surface area contributed by atoms with E-state index in [2.05, 4.69) is 6.92 Å². The molecule has 19 heavy (non-hydrogen) atoms. The van der Waals surface area contributed by atoms with Crippen molar-refractivity contribution in [2.75, 3.05) is 6.61 Å². The van der Waals surface area contributed by atoms with Crippen LogP contribution in [0.25, 0.3) is 0 Å². The van der Waals surface area contributed by atoms with Crippen LogP contribution in [-0.4, -0.2) is 12.6 Å². The van der Waals surface area contributed by atoms with E-state index in [1.807, 2.05) is 12.1 Å². The van der Waals surface area contributed by atoms with Gasteiger partial charge in [-0.25, -0.2) is 4.79 Å². The van der Waals surface area contributed by atoms with Crippen LogP contribution in [0.5, 0.6) is 0 Å². The molecule has 1 aliphatic carbocycles. The Hall–Kier alpha value is -1.35. The van der Waals surface area contributed by atoms with E-state index in [1.54, 1.807) is 19.1 Å². The molecule has 0 aliphatic heterocycles. The Bertz CT molecular complexity index is 435. The maximum Gasteiger partial charge on any atom is 0.338 e. The molecule has 104 valence electrons. The van der Waals surface area contributed by atoms with Crippen LogP contribution in [0, 0.1) is 5.41 Å². The van der Waals surface area contributed by atoms with Crippen molar-refractivity contribution in [3.8, 4) is 0 Å². The Morgan fingerprint density at radius 3 is 2.53 bits per heavy atom. The molecule has 1 atom stereocenters. The van der Waals surface area contributed by atoms with Gasteiger partial charge >= 0.3 is 5.97 Å². The van der Waals surface area contributed by atoms with E-state index in [-0.39, 0.29) is 12.0 Å². The van der Waals surface area contributed by atoms with Crippen molar-refractivity contribution < 1.29 is 9.53 Å². The van der Waals surface area contributed by atoms with Gasteiger partial charge in [-0.3, -0.25) is 0 Å². The Labute approximate surface area is 115 Å². The lowest BCUT2D eigenvalue weighted by Crippen LogP contribution is -2.12. The van der Waals surface area contributed by atoms with Crippen LogP contribution in [0.15, 0.2) is 24.3 Å². The molecule has 1 saturated carbocycles. The monoisotopic (exact) mass is 261 g/mol. The summed E-state index contributed by atoms with van der Waals surface area (Å²) in [5.41, 5.74) is 8.43. The third kappa shape index (κ3) is 3.80. The molecule has 1 fully saturated rings. The van der Waals surface area contributed by atoms with Gasteiger partial charge in [0, 0.05) is 6.04 Å². The van der Waals surface area contributed by atoms with Crippen molar-refractivity contribution in [2.45, 2.75) is 45.6 Å². The molecule has 0 saturated heterocycles. The molecule has 0 unspecified atom stereocenters. The fraction of sp³-hybridized carbons (Fsp3) is 0.562. The standard InChI is InChI=1S/C16H23NO2/c1-3-19-15(18)13-6-4-12(5-7-13)14(17)8-9-16(2)10-11-16/h4-7,14H,3,8-11,17H2,1-2H3/t14-/m0/s1. The van der Waals surface area contributed by atoms with Crippen molar-refractivity contribution in [3.63, 3.8) is 0 Å². The maximum atomic E-state index is 11.5. The van der Waals surface area contributed by atoms with E-state index in [0.717, 1.165) is 12.0 Å². The third-order valence-electron chi connectivity index (χ3n) is 4.01. The zero-order valence-electron chi connectivity index (χ0n) is 11.8. The Balaban J connectivity index is 1.91. The van der Waals surface area contributed by atoms with Crippen LogP contribution in [0.2, 0.25) is 0 Å². The number of hydrogen-bond donors (Lipinski definition) is 1. The van der Waals surface area contributed by atoms with Gasteiger partial charge in [0.15, 0.2) is 0 Å². The summed E-state index contributed by atoms with van der Waals surface area (Å²) in [6, 6.07) is 7.53. The fourth-order valence-electron chi connectivity index (χ4n) is 2.21. The molecule has 3 heteroatoms. The van der Waals surface area contributed by atoms with Crippen molar-refractivity contribution in [2.24, 2.45) is 11.1 Å². The topological polar surface area (TPSA) is 52.3 Å². The van der Waals surface area contributed by atoms with Gasteiger partial charge < -0.3 is 10.5 Å². The molecule has 2 rings (SSSR count). The molecule has 1 aromatic carbocycles. The minimum absolute atomic E-state index is 0.0636. The molecular weight excluding hydrogens is 238 g/mol. The lowest BCUT2D eigenvalue weighted by molar-refractivity contribution is 0.0526. The molecule has 3 nitrogen and oxygen atoms in total. The van der Waals surface area contributed by atoms with Crippen LogP contribution >= 0.6 is 0 Å². The molecule has 0 spiro atoms. The van der Waals surface area contributed by atoms with E-state index in [0.29, 0.717) is 17.6 Å². The molecule has 0 amide bonds. The number of hydrogen-bond acceptors (Lipinski definition) is 3. The highest BCUT2D eigenvalue weighted by atomic mass is 16.5. The molecule has 0 aromatic heterocycles. The lowest BCUT2D eigenvalue weighted by Gasteiger charge is -2.15. The van der Waals surface area contributed by atoms with E-state index < -0.39 is 0 Å². The van der Waals surface area contributed by atoms with Gasteiger partial charge in [-0.15, -0.1) is 0 Å². The Morgan fingerprint density at radius 2 is 2.00 bits per heavy atom. The summed E-state index contributed by atoms with van der Waals surface area (Å²) < 4.78 is 4.96. The molecular formula is C16H23NO2. The van der Waals surface area contributed by atoms with E-state index in [9.17, 15) is 4.79 Å². The molecule has 0 radical (unpaired) electrons. The average molecular weight is 261 g/mol. The van der Waals surface area contributed by atoms with Gasteiger partial charge in [-0.05, 0) is 55.7 Å². The first-order chi connectivity index (χ1) is 9.04. The predicted octanol–water partition coefficient (Wildman–Crippen LogP) is 3.44. The zero-order valence-corrected chi connectivity index (χ0v) is 11.8. The first-order valence-electron chi connectivity index (χ1n) is 7.07. The highest BCUT2D eigenvalue weighted by molar-refractivity contribution is 5.89. The number of carbonyl (C=O) groups is 1. The Kier molecular flexibility index (Phi) is 4.25. The van der Waals surface area contributed by atoms with Crippen LogP contribution in [-0.2, 0) is 4.74 Å². The summed E-state index contributed by atoms with van der Waals surface area (Å²) in [5.74, 6) is -0.270. The van der Waals surface area contributed by atoms with Crippen LogP contribution in [0.4, 0.5) is 0 Å². The molecule has 2 N–H and O–H groups in total. The smallest absolute Gasteiger partial charge is 0.338 e. The summed E-state index contributed by atoms with van der Waals surface area (Å²) in [6.45, 7) is 4.53. The first-order valence-corrected chi connectivity index (χ1v) is 7.07. The van der Waals surface area contributed by atoms with E-state index in [4.69, 9.17) is 10.5 Å². The highest BCUT2D eigenvalue weighted by Gasteiger charge is 2.36. The van der Waals surface area contributed by atoms with Crippen molar-refractivity contribution in [3.05, 3.63) is 35.4 Å². The number of carbonyl (C=O) groups excluding carboxylic acids is 1. The summed E-state index contributed by atoms with van der Waals surface area (Å²) in [5, 5.41) is 0. The zero-order chi connectivity index (χ0) is 13.9. The molecule has 0 bridgehead atoms. The van der Waals surface area contributed by atoms with E-state index in [1.165, 1.54) is 19.3 Å². The van der Waals surface area contributed by atoms with Gasteiger partial charge in [0.2, 0.25) is 0 Å². The second-order valence-electron chi connectivity index (χ2n) is 5.80. The number of rotatable bonds is 6. The van der Waals surface area contributed by atoms with Gasteiger partial charge in [0.25, 0.3) is 0 Å². The van der Waals surface area contributed by atoms with Crippen molar-refractivity contribution in [1.82, 2.24) is 0 Å². The normalized spacial score (nSPS) is 17.8. The first kappa shape index (κ1) is 14.1. The number of benzene rings is 1. The second-order valence-corrected chi connectivity index (χ2v) is 5.80. The van der Waals surface area contributed by atoms with Gasteiger partial charge in [0.1, 0.15) is 0 Å². The largest absolute Gasteiger partial charge is 0.462 e. The van der Waals surface area contributed by atoms with Crippen LogP contribution < -0.4 is 5.73 Å².